The molecule has 15 heterocycles. The summed E-state index contributed by atoms with van der Waals surface area (Å²) < 4.78 is 87.6. The standard InChI is InChI=1S/C31H28ClFN8O3.C29H32ClFN8O4.C28H30ClFN8O3/c1-3-25(42)40-11-13-41(14-12-40)29-20-7-9-34-30(44-28-21-16-35-38-23(21)15-22(33)26(28)32)27(20)36-31(37-29)43-24-6-4-5-18-17-39(2)10-8-19(18)24;1-5-23(40)37-8-10-38(11-9-37)27-17-6-7-32-28(43-26-18-13-33-36-20(18)12-19(31)24(26)30)25(17)34-29(35-27)42-22-15-39(16(2)3)14-21(22)41-4;1-4-16-14-36(3)15-21(16)40-28-33-24-17(26(34-28)38-10-8-37(9-11-38)22(39)5-2)6-7-31-27(24)41-25-18-13-32-35-20(18)12-19(30)23(25)29/h3-7,9,15-16H,1,8,10-14,17H2,2H3,(H,35,38);5-7,12-13,16,21-22H,1,8-11,14-15H2,2-4H3,(H,33,36);5-7,12-13,16,21H,2,4,8-11,14-15H2,1,3H3,(H,32,35)/t;21-,22-;16-,21?/m.11/s1. The molecule has 34 nitrogen and oxygen atoms in total. The molecule has 3 amide bonds. The fourth-order valence-electron chi connectivity index (χ4n) is 16.8. The Morgan fingerprint density at radius 1 is 0.492 bits per heavy atom. The zero-order valence-electron chi connectivity index (χ0n) is 70.8. The van der Waals surface area contributed by atoms with Crippen molar-refractivity contribution in [3.8, 4) is 58.7 Å². The lowest BCUT2D eigenvalue weighted by Gasteiger charge is -2.35. The van der Waals surface area contributed by atoms with E-state index in [1.54, 1.807) is 58.6 Å². The van der Waals surface area contributed by atoms with Gasteiger partial charge >= 0.3 is 18.0 Å². The van der Waals surface area contributed by atoms with Gasteiger partial charge in [-0.3, -0.25) is 34.6 Å². The molecular weight excluding hydrogens is 1720 g/mol. The summed E-state index contributed by atoms with van der Waals surface area (Å²) in [7, 11) is 5.82. The van der Waals surface area contributed by atoms with E-state index in [4.69, 9.17) is 97.9 Å². The molecule has 0 saturated carbocycles. The molecule has 0 bridgehead atoms. The van der Waals surface area contributed by atoms with Gasteiger partial charge in [-0.25, -0.2) is 28.1 Å². The Bertz CT molecular complexity index is 6430. The maximum Gasteiger partial charge on any atom is 0.324 e. The lowest BCUT2D eigenvalue weighted by molar-refractivity contribution is -0.127. The number of fused-ring (bicyclic) bond motifs is 7. The first-order chi connectivity index (χ1) is 62.0. The van der Waals surface area contributed by atoms with E-state index >= 15 is 0 Å². The minimum atomic E-state index is -0.665. The average Bonchev–Trinajstić information content (AvgIpc) is 1.14. The minimum Gasteiger partial charge on any atom is -0.458 e. The van der Waals surface area contributed by atoms with Gasteiger partial charge in [-0.05, 0) is 88.8 Å². The van der Waals surface area contributed by atoms with Crippen molar-refractivity contribution in [2.24, 2.45) is 5.92 Å². The number of H-pyrrole nitrogens is 3. The van der Waals surface area contributed by atoms with Crippen molar-refractivity contribution in [1.82, 2.24) is 105 Å². The molecule has 1 unspecified atom stereocenters. The smallest absolute Gasteiger partial charge is 0.324 e. The monoisotopic (exact) mass is 1800 g/mol. The van der Waals surface area contributed by atoms with Gasteiger partial charge in [0.15, 0.2) is 17.2 Å². The highest BCUT2D eigenvalue weighted by Crippen LogP contribution is 2.46. The number of hydrogen-bond donors (Lipinski definition) is 3. The normalized spacial score (nSPS) is 18.2. The molecule has 4 atom stereocenters. The second kappa shape index (κ2) is 37.6. The first-order valence-corrected chi connectivity index (χ1v) is 42.9. The van der Waals surface area contributed by atoms with Crippen molar-refractivity contribution in [2.75, 3.05) is 147 Å². The summed E-state index contributed by atoms with van der Waals surface area (Å²) in [6.45, 7) is 28.2. The molecule has 5 saturated heterocycles. The zero-order chi connectivity index (χ0) is 89.3. The lowest BCUT2D eigenvalue weighted by atomic mass is 9.99. The van der Waals surface area contributed by atoms with Gasteiger partial charge in [-0.1, -0.05) is 73.6 Å². The minimum absolute atomic E-state index is 0.0624. The van der Waals surface area contributed by atoms with E-state index in [-0.39, 0.29) is 104 Å². The number of aromatic amines is 3. The molecule has 9 aromatic heterocycles. The van der Waals surface area contributed by atoms with Crippen LogP contribution in [0.5, 0.6) is 58.7 Å². The predicted molar refractivity (Wildman–Crippen MR) is 477 cm³/mol. The van der Waals surface area contributed by atoms with Gasteiger partial charge in [0.05, 0.1) is 67.5 Å². The lowest BCUT2D eigenvalue weighted by Crippen LogP contribution is -2.48. The number of rotatable bonds is 21. The topological polar surface area (TPSA) is 347 Å². The van der Waals surface area contributed by atoms with Gasteiger partial charge in [0.2, 0.25) is 35.4 Å². The van der Waals surface area contributed by atoms with Crippen LogP contribution in [0.3, 0.4) is 0 Å². The van der Waals surface area contributed by atoms with Gasteiger partial charge in [0.25, 0.3) is 0 Å². The third kappa shape index (κ3) is 17.9. The fourth-order valence-corrected chi connectivity index (χ4v) is 17.4. The number of carbonyl (C=O) groups is 3. The Labute approximate surface area is 746 Å². The van der Waals surface area contributed by atoms with Crippen molar-refractivity contribution in [3.05, 3.63) is 173 Å². The van der Waals surface area contributed by atoms with Gasteiger partial charge in [-0.15, -0.1) is 0 Å². The van der Waals surface area contributed by atoms with Crippen molar-refractivity contribution >= 4 is 135 Å². The molecule has 0 aliphatic carbocycles. The first-order valence-electron chi connectivity index (χ1n) is 41.7. The van der Waals surface area contributed by atoms with Crippen LogP contribution in [0.1, 0.15) is 38.3 Å². The number of halogens is 6. The van der Waals surface area contributed by atoms with Crippen molar-refractivity contribution in [2.45, 2.75) is 64.5 Å². The Kier molecular flexibility index (Phi) is 25.6. The maximum atomic E-state index is 14.7. The van der Waals surface area contributed by atoms with Crippen LogP contribution in [-0.4, -0.2) is 279 Å². The summed E-state index contributed by atoms with van der Waals surface area (Å²) in [5, 5.41) is 23.1. The Hall–Kier alpha value is -12.9. The first kappa shape index (κ1) is 87.2. The highest BCUT2D eigenvalue weighted by atomic mass is 35.5. The highest BCUT2D eigenvalue weighted by molar-refractivity contribution is 6.34. The van der Waals surface area contributed by atoms with Crippen LogP contribution in [0.2, 0.25) is 15.1 Å². The number of nitrogens with zero attached hydrogens (tertiary/aromatic N) is 21. The van der Waals surface area contributed by atoms with E-state index in [1.165, 1.54) is 60.6 Å². The number of pyridine rings is 3. The Balaban J connectivity index is 0.000000135. The average molecular weight is 1810 g/mol. The molecule has 3 N–H and O–H groups in total. The third-order valence-electron chi connectivity index (χ3n) is 23.7. The molecule has 5 fully saturated rings. The van der Waals surface area contributed by atoms with Crippen molar-refractivity contribution in [1.29, 1.82) is 0 Å². The molecule has 6 aliphatic heterocycles. The van der Waals surface area contributed by atoms with Crippen LogP contribution in [-0.2, 0) is 32.1 Å². The number of aromatic nitrogens is 15. The third-order valence-corrected chi connectivity index (χ3v) is 24.7. The van der Waals surface area contributed by atoms with Gasteiger partial charge in [-0.2, -0.15) is 45.2 Å². The number of nitrogens with one attached hydrogen (secondary N) is 3. The van der Waals surface area contributed by atoms with E-state index in [2.05, 4.69) is 136 Å². The summed E-state index contributed by atoms with van der Waals surface area (Å²) in [5.74, 6) is 1.08. The molecule has 19 rings (SSSR count). The van der Waals surface area contributed by atoms with E-state index in [1.807, 2.05) is 12.1 Å². The van der Waals surface area contributed by atoms with E-state index in [0.29, 0.717) is 192 Å². The number of anilines is 3. The van der Waals surface area contributed by atoms with Crippen LogP contribution < -0.4 is 43.1 Å². The molecule has 40 heteroatoms. The van der Waals surface area contributed by atoms with Crippen LogP contribution in [0.15, 0.2) is 130 Å². The molecule has 4 aromatic carbocycles. The number of hydrogen-bond acceptors (Lipinski definition) is 28. The summed E-state index contributed by atoms with van der Waals surface area (Å²) >= 11 is 19.1. The van der Waals surface area contributed by atoms with E-state index < -0.39 is 17.5 Å². The molecule has 128 heavy (non-hydrogen) atoms. The number of amides is 3. The SMILES string of the molecule is C=CC(=O)N1CCN(c2nc(OC3CN(C)C[C@H]3CC)nc3c(Oc4c(Cl)c(F)cc5[nH]ncc45)nccc23)CC1.C=CC(=O)N1CCN(c2nc(O[C@@H]3CN(C(C)C)C[C@H]3OC)nc3c(Oc4c(Cl)c(F)cc5[nH]ncc45)nccc23)CC1.C=CC(=O)N1CCN(c2nc(Oc3cccc4c3CCN(C)C4)nc3c(Oc4c(Cl)c(F)cc5[nH]ncc45)nccc23)CC1. The van der Waals surface area contributed by atoms with Crippen LogP contribution in [0, 0.1) is 23.4 Å². The van der Waals surface area contributed by atoms with Crippen molar-refractivity contribution in [3.63, 3.8) is 0 Å². The van der Waals surface area contributed by atoms with Gasteiger partial charge in [0, 0.05) is 179 Å². The molecule has 13 aromatic rings. The van der Waals surface area contributed by atoms with Gasteiger partial charge < -0.3 is 72.4 Å². The van der Waals surface area contributed by atoms with Crippen LogP contribution in [0.25, 0.3) is 65.4 Å². The summed E-state index contributed by atoms with van der Waals surface area (Å²) in [5.41, 5.74) is 4.70. The predicted octanol–water partition coefficient (Wildman–Crippen LogP) is 12.9. The summed E-state index contributed by atoms with van der Waals surface area (Å²) in [6, 6.07) is 15.9. The summed E-state index contributed by atoms with van der Waals surface area (Å²) in [6.07, 6.45) is 14.4. The van der Waals surface area contributed by atoms with E-state index in [0.717, 1.165) is 44.6 Å². The molecule has 0 spiro atoms. The number of carbonyl (C=O) groups excluding carboxylic acids is 3. The molecule has 6 aliphatic rings. The zero-order valence-corrected chi connectivity index (χ0v) is 73.1. The Morgan fingerprint density at radius 2 is 0.891 bits per heavy atom. The molecule has 664 valence electrons. The maximum absolute atomic E-state index is 14.7. The van der Waals surface area contributed by atoms with Gasteiger partial charge in [0.1, 0.15) is 90.6 Å². The number of likely N-dealkylation sites (N-methyl/N-ethyl adjacent to an activating group) is 2. The number of methoxy groups -OCH3 is 1. The number of ether oxygens (including phenoxy) is 7. The van der Waals surface area contributed by atoms with Crippen LogP contribution >= 0.6 is 34.8 Å². The second-order valence-electron chi connectivity index (χ2n) is 31.9. The Morgan fingerprint density at radius 3 is 1.29 bits per heavy atom. The van der Waals surface area contributed by atoms with E-state index in [9.17, 15) is 27.6 Å². The molecular formula is C88H90Cl3F3N24O10. The highest BCUT2D eigenvalue weighted by Gasteiger charge is 2.39. The van der Waals surface area contributed by atoms with Crippen LogP contribution in [0.4, 0.5) is 30.6 Å². The summed E-state index contributed by atoms with van der Waals surface area (Å²) in [4.78, 5) is 97.0. The fraction of sp³-hybridized carbons (Fsp3) is 0.352. The number of likely N-dealkylation sites (tertiary alicyclic amines) is 2. The quantitative estimate of drug-likeness (QED) is 0.0563. The largest absolute Gasteiger partial charge is 0.458 e. The number of benzene rings is 4. The number of piperazine rings is 3. The van der Waals surface area contributed by atoms with Crippen molar-refractivity contribution < 1.29 is 60.7 Å². The second-order valence-corrected chi connectivity index (χ2v) is 33.0. The molecule has 0 radical (unpaired) electrons.